The molecule has 1 heterocycles. The highest BCUT2D eigenvalue weighted by Crippen LogP contribution is 2.37. The Morgan fingerprint density at radius 3 is 2.73 bits per heavy atom. The molecule has 120 valence electrons. The minimum atomic E-state index is 0.118. The highest BCUT2D eigenvalue weighted by Gasteiger charge is 2.25. The molecule has 0 radical (unpaired) electrons. The molecule has 1 aliphatic heterocycles. The van der Waals surface area contributed by atoms with E-state index < -0.39 is 0 Å². The molecule has 1 N–H and O–H groups in total. The molecule has 22 heavy (non-hydrogen) atoms. The Bertz CT molecular complexity index is 519. The maximum absolute atomic E-state index is 12.4. The van der Waals surface area contributed by atoms with Gasteiger partial charge < -0.3 is 10.2 Å². The lowest BCUT2D eigenvalue weighted by Crippen LogP contribution is -2.44. The number of nitrogens with one attached hydrogen (secondary N) is 1. The van der Waals surface area contributed by atoms with E-state index in [4.69, 9.17) is 11.6 Å². The molecule has 1 aromatic rings. The molecule has 1 unspecified atom stereocenters. The van der Waals surface area contributed by atoms with E-state index >= 15 is 0 Å². The van der Waals surface area contributed by atoms with Crippen molar-refractivity contribution in [3.63, 3.8) is 0 Å². The van der Waals surface area contributed by atoms with Crippen LogP contribution in [-0.2, 0) is 0 Å². The third kappa shape index (κ3) is 3.90. The average molecular weight is 339 g/mol. The Labute approximate surface area is 141 Å². The summed E-state index contributed by atoms with van der Waals surface area (Å²) in [6.45, 7) is 1.63. The van der Waals surface area contributed by atoms with Crippen LogP contribution >= 0.6 is 23.4 Å². The highest BCUT2D eigenvalue weighted by atomic mass is 35.5. The minimum Gasteiger partial charge on any atom is -0.335 e. The van der Waals surface area contributed by atoms with Gasteiger partial charge in [0.05, 0.1) is 0 Å². The van der Waals surface area contributed by atoms with Crippen molar-refractivity contribution >= 4 is 29.4 Å². The van der Waals surface area contributed by atoms with Crippen molar-refractivity contribution in [2.45, 2.75) is 43.4 Å². The molecule has 5 heteroatoms. The Morgan fingerprint density at radius 2 is 1.95 bits per heavy atom. The van der Waals surface area contributed by atoms with E-state index in [0.29, 0.717) is 11.3 Å². The summed E-state index contributed by atoms with van der Waals surface area (Å²) in [6.07, 6.45) is 5.73. The summed E-state index contributed by atoms with van der Waals surface area (Å²) in [7, 11) is 0. The smallest absolute Gasteiger partial charge is 0.317 e. The first kappa shape index (κ1) is 16.0. The van der Waals surface area contributed by atoms with Gasteiger partial charge in [-0.25, -0.2) is 4.79 Å². The largest absolute Gasteiger partial charge is 0.335 e. The topological polar surface area (TPSA) is 32.3 Å². The van der Waals surface area contributed by atoms with Gasteiger partial charge in [-0.15, -0.1) is 0 Å². The third-order valence-electron chi connectivity index (χ3n) is 4.56. The van der Waals surface area contributed by atoms with Crippen molar-refractivity contribution in [3.8, 4) is 0 Å². The third-order valence-corrected chi connectivity index (χ3v) is 6.22. The summed E-state index contributed by atoms with van der Waals surface area (Å²) < 4.78 is 0. The Morgan fingerprint density at radius 1 is 1.18 bits per heavy atom. The second kappa shape index (κ2) is 7.60. The number of nitrogens with zero attached hydrogens (tertiary/aromatic N) is 1. The Balaban J connectivity index is 1.57. The van der Waals surface area contributed by atoms with Crippen LogP contribution in [0.15, 0.2) is 24.3 Å². The Kier molecular flexibility index (Phi) is 5.53. The standard InChI is InChI=1S/C17H23ClN2OS/c18-15-8-4-3-7-14(15)16-9-10-20(11-12-22-16)17(21)19-13-5-1-2-6-13/h3-4,7-8,13,16H,1-2,5-6,9-12H2,(H,19,21). The lowest BCUT2D eigenvalue weighted by molar-refractivity contribution is 0.197. The lowest BCUT2D eigenvalue weighted by atomic mass is 10.1. The van der Waals surface area contributed by atoms with Crippen molar-refractivity contribution in [2.75, 3.05) is 18.8 Å². The fourth-order valence-corrected chi connectivity index (χ4v) is 4.89. The first-order valence-electron chi connectivity index (χ1n) is 8.15. The zero-order chi connectivity index (χ0) is 15.4. The van der Waals surface area contributed by atoms with E-state index in [2.05, 4.69) is 11.4 Å². The van der Waals surface area contributed by atoms with Crippen LogP contribution in [0.2, 0.25) is 5.02 Å². The minimum absolute atomic E-state index is 0.118. The van der Waals surface area contributed by atoms with Crippen LogP contribution in [0, 0.1) is 0 Å². The van der Waals surface area contributed by atoms with Gasteiger partial charge in [0, 0.05) is 35.2 Å². The number of carbonyl (C=O) groups is 1. The molecule has 0 aromatic heterocycles. The average Bonchev–Trinajstić information content (AvgIpc) is 2.90. The molecule has 3 nitrogen and oxygen atoms in total. The quantitative estimate of drug-likeness (QED) is 0.862. The first-order valence-corrected chi connectivity index (χ1v) is 9.58. The Hall–Kier alpha value is -0.870. The van der Waals surface area contributed by atoms with Gasteiger partial charge in [-0.1, -0.05) is 42.6 Å². The van der Waals surface area contributed by atoms with Gasteiger partial charge in [-0.05, 0) is 30.9 Å². The highest BCUT2D eigenvalue weighted by molar-refractivity contribution is 7.99. The molecule has 0 spiro atoms. The zero-order valence-electron chi connectivity index (χ0n) is 12.8. The van der Waals surface area contributed by atoms with Crippen LogP contribution < -0.4 is 5.32 Å². The molecular weight excluding hydrogens is 316 g/mol. The van der Waals surface area contributed by atoms with Gasteiger partial charge in [0.1, 0.15) is 0 Å². The van der Waals surface area contributed by atoms with Crippen molar-refractivity contribution in [1.29, 1.82) is 0 Å². The number of hydrogen-bond donors (Lipinski definition) is 1. The number of rotatable bonds is 2. The van der Waals surface area contributed by atoms with Crippen molar-refractivity contribution < 1.29 is 4.79 Å². The van der Waals surface area contributed by atoms with Gasteiger partial charge in [-0.2, -0.15) is 11.8 Å². The molecule has 2 fully saturated rings. The van der Waals surface area contributed by atoms with Crippen molar-refractivity contribution in [2.24, 2.45) is 0 Å². The summed E-state index contributed by atoms with van der Waals surface area (Å²) in [5.41, 5.74) is 1.20. The molecule has 1 aliphatic carbocycles. The fraction of sp³-hybridized carbons (Fsp3) is 0.588. The molecule has 1 saturated heterocycles. The number of carbonyl (C=O) groups excluding carboxylic acids is 1. The summed E-state index contributed by atoms with van der Waals surface area (Å²) in [5.74, 6) is 0.966. The molecule has 1 atom stereocenters. The molecule has 3 rings (SSSR count). The van der Waals surface area contributed by atoms with Crippen LogP contribution in [-0.4, -0.2) is 35.8 Å². The number of thioether (sulfide) groups is 1. The predicted octanol–water partition coefficient (Wildman–Crippen LogP) is 4.47. The van der Waals surface area contributed by atoms with Gasteiger partial charge in [-0.3, -0.25) is 0 Å². The normalized spacial score (nSPS) is 23.3. The van der Waals surface area contributed by atoms with E-state index in [1.165, 1.54) is 18.4 Å². The van der Waals surface area contributed by atoms with Crippen LogP contribution in [0.25, 0.3) is 0 Å². The maximum atomic E-state index is 12.4. The molecule has 1 saturated carbocycles. The number of hydrogen-bond acceptors (Lipinski definition) is 2. The van der Waals surface area contributed by atoms with E-state index in [0.717, 1.165) is 43.1 Å². The second-order valence-electron chi connectivity index (χ2n) is 6.09. The second-order valence-corrected chi connectivity index (χ2v) is 7.81. The van der Waals surface area contributed by atoms with E-state index in [1.807, 2.05) is 34.9 Å². The van der Waals surface area contributed by atoms with E-state index in [-0.39, 0.29) is 6.03 Å². The fourth-order valence-electron chi connectivity index (χ4n) is 3.29. The molecule has 2 aliphatic rings. The van der Waals surface area contributed by atoms with Gasteiger partial charge in [0.15, 0.2) is 0 Å². The van der Waals surface area contributed by atoms with Gasteiger partial charge in [0.25, 0.3) is 0 Å². The molecule has 2 amide bonds. The summed E-state index contributed by atoms with van der Waals surface area (Å²) >= 11 is 8.23. The zero-order valence-corrected chi connectivity index (χ0v) is 14.3. The number of urea groups is 1. The summed E-state index contributed by atoms with van der Waals surface area (Å²) in [4.78, 5) is 14.4. The van der Waals surface area contributed by atoms with Crippen LogP contribution in [0.4, 0.5) is 4.79 Å². The maximum Gasteiger partial charge on any atom is 0.317 e. The summed E-state index contributed by atoms with van der Waals surface area (Å²) in [6, 6.07) is 8.57. The first-order chi connectivity index (χ1) is 10.7. The van der Waals surface area contributed by atoms with Crippen molar-refractivity contribution in [3.05, 3.63) is 34.9 Å². The molecule has 0 bridgehead atoms. The van der Waals surface area contributed by atoms with Crippen LogP contribution in [0.3, 0.4) is 0 Å². The lowest BCUT2D eigenvalue weighted by Gasteiger charge is -2.23. The van der Waals surface area contributed by atoms with Crippen molar-refractivity contribution in [1.82, 2.24) is 10.2 Å². The molecular formula is C17H23ClN2OS. The number of halogens is 1. The van der Waals surface area contributed by atoms with Gasteiger partial charge >= 0.3 is 6.03 Å². The van der Waals surface area contributed by atoms with Crippen LogP contribution in [0.5, 0.6) is 0 Å². The van der Waals surface area contributed by atoms with Crippen LogP contribution in [0.1, 0.15) is 42.9 Å². The SMILES string of the molecule is O=C(NC1CCCC1)N1CCSC(c2ccccc2Cl)CC1. The number of benzene rings is 1. The predicted molar refractivity (Wildman–Crippen MR) is 93.6 cm³/mol. The van der Waals surface area contributed by atoms with E-state index in [1.54, 1.807) is 0 Å². The van der Waals surface area contributed by atoms with E-state index in [9.17, 15) is 4.79 Å². The monoisotopic (exact) mass is 338 g/mol. The summed E-state index contributed by atoms with van der Waals surface area (Å²) in [5, 5.41) is 4.42. The van der Waals surface area contributed by atoms with Gasteiger partial charge in [0.2, 0.25) is 0 Å². The molecule has 1 aromatic carbocycles. The number of amides is 2.